The van der Waals surface area contributed by atoms with Crippen LogP contribution >= 0.6 is 0 Å². The minimum atomic E-state index is -1.05. The van der Waals surface area contributed by atoms with Crippen LogP contribution in [0.15, 0.2) is 34.9 Å². The number of carboxylic acids is 1. The maximum absolute atomic E-state index is 11.6. The molecule has 0 amide bonds. The summed E-state index contributed by atoms with van der Waals surface area (Å²) in [6.07, 6.45) is 3.22. The van der Waals surface area contributed by atoms with E-state index >= 15 is 0 Å². The number of hydrogen-bond acceptors (Lipinski definition) is 5. The maximum atomic E-state index is 11.6. The fraction of sp³-hybridized carbons (Fsp3) is 0.286. The van der Waals surface area contributed by atoms with Crippen molar-refractivity contribution in [2.45, 2.75) is 25.7 Å². The third-order valence-electron chi connectivity index (χ3n) is 2.74. The number of aromatic nitrogens is 1. The van der Waals surface area contributed by atoms with Gasteiger partial charge in [-0.05, 0) is 24.8 Å². The Bertz CT molecular complexity index is 572. The van der Waals surface area contributed by atoms with Crippen molar-refractivity contribution in [3.05, 3.63) is 36.4 Å². The molecule has 0 fully saturated rings. The number of rotatable bonds is 6. The molecule has 21 heavy (non-hydrogen) atoms. The third-order valence-corrected chi connectivity index (χ3v) is 2.74. The number of carbonyl (C=O) groups excluding carboxylic acids is 1. The van der Waals surface area contributed by atoms with E-state index in [4.69, 9.17) is 4.42 Å². The Hall–Kier alpha value is -0.300. The van der Waals surface area contributed by atoms with Gasteiger partial charge in [0.15, 0.2) is 5.89 Å². The first-order valence-corrected chi connectivity index (χ1v) is 6.07. The molecule has 0 N–H and O–H groups in total. The number of carboxylic acid groups (broad SMARTS) is 1. The quantitative estimate of drug-likeness (QED) is 0.393. The van der Waals surface area contributed by atoms with Gasteiger partial charge in [-0.25, -0.2) is 4.98 Å². The Labute approximate surface area is 167 Å². The van der Waals surface area contributed by atoms with E-state index < -0.39 is 5.97 Å². The van der Waals surface area contributed by atoms with E-state index in [1.165, 1.54) is 12.3 Å². The first kappa shape index (κ1) is 20.7. The number of unbranched alkanes of at least 4 members (excludes halogenated alkanes) is 1. The molecule has 0 aliphatic carbocycles. The third kappa shape index (κ3) is 6.55. The number of aliphatic carboxylic acids is 1. The van der Waals surface area contributed by atoms with E-state index in [1.54, 1.807) is 18.2 Å². The fourth-order valence-corrected chi connectivity index (χ4v) is 1.77. The summed E-state index contributed by atoms with van der Waals surface area (Å²) >= 11 is 0. The molecule has 0 unspecified atom stereocenters. The first-order valence-electron chi connectivity index (χ1n) is 6.07. The molecule has 2 aromatic rings. The second kappa shape index (κ2) is 10.4. The second-order valence-electron chi connectivity index (χ2n) is 4.20. The van der Waals surface area contributed by atoms with Crippen LogP contribution in [0.1, 0.15) is 25.2 Å². The van der Waals surface area contributed by atoms with E-state index in [1.807, 2.05) is 0 Å². The first-order chi connectivity index (χ1) is 9.16. The van der Waals surface area contributed by atoms with Crippen LogP contribution in [-0.2, 0) is 11.2 Å². The van der Waals surface area contributed by atoms with Gasteiger partial charge >= 0.3 is 59.1 Å². The molecule has 0 atom stereocenters. The topological polar surface area (TPSA) is 89.2 Å². The summed E-state index contributed by atoms with van der Waals surface area (Å²) in [6, 6.07) is 6.61. The average Bonchev–Trinajstić information content (AvgIpc) is 2.83. The zero-order valence-corrected chi connectivity index (χ0v) is 16.3. The molecule has 0 saturated carbocycles. The summed E-state index contributed by atoms with van der Waals surface area (Å²) in [5.74, 6) is -0.635. The molecular formula is C14H13NNa2O4. The molecule has 1 aromatic heterocycles. The molecule has 5 nitrogen and oxygen atoms in total. The monoisotopic (exact) mass is 305 g/mol. The minimum absolute atomic E-state index is 0. The molecule has 1 aromatic carbocycles. The molecule has 0 aliphatic rings. The van der Waals surface area contributed by atoms with Crippen molar-refractivity contribution in [2.75, 3.05) is 0 Å². The van der Waals surface area contributed by atoms with E-state index in [0.717, 1.165) is 0 Å². The number of hydrogen-bond donors (Lipinski definition) is 0. The number of para-hydroxylation sites is 1. The van der Waals surface area contributed by atoms with Gasteiger partial charge in [-0.1, -0.05) is 30.0 Å². The normalized spacial score (nSPS) is 9.52. The molecule has 0 bridgehead atoms. The Morgan fingerprint density at radius 2 is 1.90 bits per heavy atom. The summed E-state index contributed by atoms with van der Waals surface area (Å²) in [4.78, 5) is 14.5. The van der Waals surface area contributed by atoms with Crippen LogP contribution in [0.2, 0.25) is 0 Å². The van der Waals surface area contributed by atoms with Gasteiger partial charge in [-0.2, -0.15) is 0 Å². The molecule has 1 heterocycles. The number of aryl methyl sites for hydroxylation is 1. The van der Waals surface area contributed by atoms with Crippen LogP contribution in [0.25, 0.3) is 11.3 Å². The molecular weight excluding hydrogens is 292 g/mol. The number of carbonyl (C=O) groups is 1. The summed E-state index contributed by atoms with van der Waals surface area (Å²) < 4.78 is 5.27. The van der Waals surface area contributed by atoms with Crippen LogP contribution in [0.5, 0.6) is 5.75 Å². The van der Waals surface area contributed by atoms with Crippen LogP contribution in [0.4, 0.5) is 0 Å². The largest absolute Gasteiger partial charge is 1.00 e. The van der Waals surface area contributed by atoms with Crippen LogP contribution in [-0.4, -0.2) is 11.0 Å². The van der Waals surface area contributed by atoms with Gasteiger partial charge in [-0.15, -0.1) is 0 Å². The smallest absolute Gasteiger partial charge is 0.872 e. The van der Waals surface area contributed by atoms with E-state index in [9.17, 15) is 15.0 Å². The molecule has 100 valence electrons. The number of benzene rings is 1. The van der Waals surface area contributed by atoms with Gasteiger partial charge in [-0.3, -0.25) is 0 Å². The Morgan fingerprint density at radius 3 is 2.57 bits per heavy atom. The van der Waals surface area contributed by atoms with E-state index in [-0.39, 0.29) is 71.3 Å². The molecule has 0 aliphatic heterocycles. The van der Waals surface area contributed by atoms with E-state index in [2.05, 4.69) is 4.98 Å². The predicted octanol–water partition coefficient (Wildman–Crippen LogP) is -5.11. The Balaban J connectivity index is 0.00000200. The van der Waals surface area contributed by atoms with Gasteiger partial charge in [0.05, 0.1) is 0 Å². The summed E-state index contributed by atoms with van der Waals surface area (Å²) in [6.45, 7) is 0. The van der Waals surface area contributed by atoms with Gasteiger partial charge in [0.25, 0.3) is 0 Å². The molecule has 0 spiro atoms. The molecule has 7 heteroatoms. The van der Waals surface area contributed by atoms with Crippen molar-refractivity contribution >= 4 is 5.97 Å². The SMILES string of the molecule is O=C([O-])CCCCc1nc(-c2ccccc2[O-])co1.[Na+].[Na+]. The molecule has 0 radical (unpaired) electrons. The summed E-state index contributed by atoms with van der Waals surface area (Å²) in [5.41, 5.74) is 1.02. The summed E-state index contributed by atoms with van der Waals surface area (Å²) in [7, 11) is 0. The van der Waals surface area contributed by atoms with Crippen LogP contribution < -0.4 is 69.3 Å². The van der Waals surface area contributed by atoms with Crippen molar-refractivity contribution in [1.82, 2.24) is 4.98 Å². The zero-order valence-electron chi connectivity index (χ0n) is 12.3. The van der Waals surface area contributed by atoms with Gasteiger partial charge in [0.2, 0.25) is 0 Å². The van der Waals surface area contributed by atoms with Crippen molar-refractivity contribution in [3.8, 4) is 17.0 Å². The zero-order chi connectivity index (χ0) is 13.7. The fourth-order valence-electron chi connectivity index (χ4n) is 1.77. The van der Waals surface area contributed by atoms with Gasteiger partial charge < -0.3 is 19.4 Å². The van der Waals surface area contributed by atoms with Crippen LogP contribution in [0.3, 0.4) is 0 Å². The minimum Gasteiger partial charge on any atom is -0.872 e. The van der Waals surface area contributed by atoms with E-state index in [0.29, 0.717) is 36.4 Å². The van der Waals surface area contributed by atoms with Crippen molar-refractivity contribution in [3.63, 3.8) is 0 Å². The van der Waals surface area contributed by atoms with Crippen molar-refractivity contribution in [2.24, 2.45) is 0 Å². The van der Waals surface area contributed by atoms with Crippen molar-refractivity contribution in [1.29, 1.82) is 0 Å². The van der Waals surface area contributed by atoms with Crippen LogP contribution in [0, 0.1) is 0 Å². The standard InChI is InChI=1S/C14H15NO4.2Na/c16-12-6-2-1-5-10(12)11-9-19-13(15-11)7-3-4-8-14(17)18;;/h1-2,5-6,9,16H,3-4,7-8H2,(H,17,18);;/q;2*+1/p-2. The summed E-state index contributed by atoms with van der Waals surface area (Å²) in [5, 5.41) is 21.9. The second-order valence-corrected chi connectivity index (χ2v) is 4.20. The number of oxazole rings is 1. The number of nitrogens with zero attached hydrogens (tertiary/aromatic N) is 1. The Kier molecular flexibility index (Phi) is 10.3. The average molecular weight is 305 g/mol. The van der Waals surface area contributed by atoms with Gasteiger partial charge in [0.1, 0.15) is 12.0 Å². The predicted molar refractivity (Wildman–Crippen MR) is 63.9 cm³/mol. The Morgan fingerprint density at radius 1 is 1.19 bits per heavy atom. The van der Waals surface area contributed by atoms with Crippen molar-refractivity contribution < 1.29 is 78.5 Å². The molecule has 2 rings (SSSR count). The maximum Gasteiger partial charge on any atom is 1.00 e. The molecule has 0 saturated heterocycles. The van der Waals surface area contributed by atoms with Gasteiger partial charge in [0, 0.05) is 12.4 Å².